The molecule has 5 rings (SSSR count). The normalized spacial score (nSPS) is 24.5. The molecule has 0 N–H and O–H groups in total. The molecule has 3 aliphatic rings. The lowest BCUT2D eigenvalue weighted by molar-refractivity contribution is -0.212. The molecule has 2 aromatic rings. The molecule has 2 aromatic carbocycles. The van der Waals surface area contributed by atoms with E-state index in [0.717, 1.165) is 11.1 Å². The van der Waals surface area contributed by atoms with Gasteiger partial charge in [0.2, 0.25) is 5.79 Å². The lowest BCUT2D eigenvalue weighted by Crippen LogP contribution is -2.47. The van der Waals surface area contributed by atoms with Crippen molar-refractivity contribution in [3.63, 3.8) is 0 Å². The van der Waals surface area contributed by atoms with E-state index in [1.807, 2.05) is 24.3 Å². The summed E-state index contributed by atoms with van der Waals surface area (Å²) in [6.45, 7) is 0. The van der Waals surface area contributed by atoms with Crippen LogP contribution < -0.4 is 0 Å². The van der Waals surface area contributed by atoms with E-state index in [1.165, 1.54) is 11.1 Å². The molecule has 112 valence electrons. The summed E-state index contributed by atoms with van der Waals surface area (Å²) in [4.78, 5) is 12.9. The van der Waals surface area contributed by atoms with E-state index in [0.29, 0.717) is 6.42 Å². The number of hydrogen-bond acceptors (Lipinski definition) is 3. The van der Waals surface area contributed by atoms with Crippen LogP contribution in [0.25, 0.3) is 0 Å². The highest BCUT2D eigenvalue weighted by molar-refractivity contribution is 5.91. The number of carbonyl (C=O) groups excluding carboxylic acids is 1. The van der Waals surface area contributed by atoms with Gasteiger partial charge in [0.1, 0.15) is 0 Å². The average Bonchev–Trinajstić information content (AvgIpc) is 2.75. The second kappa shape index (κ2) is 4.77. The fourth-order valence-corrected chi connectivity index (χ4v) is 4.18. The molecule has 0 saturated carbocycles. The van der Waals surface area contributed by atoms with Crippen molar-refractivity contribution in [2.45, 2.75) is 24.0 Å². The molecule has 0 aromatic heterocycles. The summed E-state index contributed by atoms with van der Waals surface area (Å²) in [5.74, 6) is -1.36. The standard InChI is InChI=1S/C19H18O3/c1-21-19(22-2)17(20)11-16-12-7-3-5-9-14(12)18(19)15-10-6-4-8-13(15)16/h3-10,16,18H,11H2,1-2H3. The number of methoxy groups -OCH3 is 2. The van der Waals surface area contributed by atoms with Crippen LogP contribution in [0.1, 0.15) is 40.5 Å². The van der Waals surface area contributed by atoms with Gasteiger partial charge in [0.25, 0.3) is 0 Å². The van der Waals surface area contributed by atoms with Crippen molar-refractivity contribution in [1.82, 2.24) is 0 Å². The van der Waals surface area contributed by atoms with E-state index in [-0.39, 0.29) is 17.6 Å². The Hall–Kier alpha value is -1.97. The molecule has 0 heterocycles. The van der Waals surface area contributed by atoms with Gasteiger partial charge in [-0.15, -0.1) is 0 Å². The first-order chi connectivity index (χ1) is 10.7. The second-order valence-electron chi connectivity index (χ2n) is 5.95. The second-order valence-corrected chi connectivity index (χ2v) is 5.95. The molecular formula is C19H18O3. The molecule has 22 heavy (non-hydrogen) atoms. The highest BCUT2D eigenvalue weighted by atomic mass is 16.7. The number of rotatable bonds is 2. The highest BCUT2D eigenvalue weighted by Crippen LogP contribution is 2.54. The number of hydrogen-bond donors (Lipinski definition) is 0. The van der Waals surface area contributed by atoms with Crippen molar-refractivity contribution in [2.24, 2.45) is 0 Å². The molecule has 0 fully saturated rings. The van der Waals surface area contributed by atoms with E-state index in [2.05, 4.69) is 24.3 Å². The first kappa shape index (κ1) is 13.7. The van der Waals surface area contributed by atoms with Gasteiger partial charge in [0.15, 0.2) is 5.78 Å². The monoisotopic (exact) mass is 294 g/mol. The molecule has 0 spiro atoms. The fourth-order valence-electron chi connectivity index (χ4n) is 4.18. The van der Waals surface area contributed by atoms with Crippen molar-refractivity contribution < 1.29 is 14.3 Å². The van der Waals surface area contributed by atoms with Gasteiger partial charge in [-0.1, -0.05) is 48.5 Å². The molecular weight excluding hydrogens is 276 g/mol. The third-order valence-corrected chi connectivity index (χ3v) is 5.13. The molecule has 0 radical (unpaired) electrons. The summed E-state index contributed by atoms with van der Waals surface area (Å²) in [6.07, 6.45) is 0.409. The zero-order chi connectivity index (χ0) is 15.3. The van der Waals surface area contributed by atoms with E-state index in [4.69, 9.17) is 9.47 Å². The van der Waals surface area contributed by atoms with Crippen molar-refractivity contribution in [3.05, 3.63) is 70.8 Å². The third kappa shape index (κ3) is 1.55. The number of Topliss-reactive ketones (excluding diaryl/α,β-unsaturated/α-hetero) is 1. The van der Waals surface area contributed by atoms with Crippen LogP contribution in [-0.4, -0.2) is 25.8 Å². The molecule has 3 nitrogen and oxygen atoms in total. The third-order valence-electron chi connectivity index (χ3n) is 5.13. The summed E-state index contributed by atoms with van der Waals surface area (Å²) in [7, 11) is 3.12. The van der Waals surface area contributed by atoms with Crippen molar-refractivity contribution in [1.29, 1.82) is 0 Å². The Morgan fingerprint density at radius 1 is 0.864 bits per heavy atom. The van der Waals surface area contributed by atoms with Crippen molar-refractivity contribution >= 4 is 5.78 Å². The Bertz CT molecular complexity index is 698. The van der Waals surface area contributed by atoms with Crippen LogP contribution in [0.15, 0.2) is 48.5 Å². The van der Waals surface area contributed by atoms with Gasteiger partial charge >= 0.3 is 0 Å². The maximum absolute atomic E-state index is 12.9. The lowest BCUT2D eigenvalue weighted by atomic mass is 9.72. The number of ether oxygens (including phenoxy) is 2. The Morgan fingerprint density at radius 2 is 1.32 bits per heavy atom. The van der Waals surface area contributed by atoms with Crippen LogP contribution >= 0.6 is 0 Å². The van der Waals surface area contributed by atoms with Gasteiger partial charge in [0, 0.05) is 26.6 Å². The minimum atomic E-state index is -1.24. The van der Waals surface area contributed by atoms with Gasteiger partial charge < -0.3 is 9.47 Å². The Balaban J connectivity index is 2.09. The number of carbonyl (C=O) groups is 1. The van der Waals surface area contributed by atoms with E-state index < -0.39 is 5.79 Å². The number of fused-ring (bicyclic) bond motifs is 2. The Kier molecular flexibility index (Phi) is 2.96. The molecule has 0 saturated heterocycles. The molecule has 0 atom stereocenters. The quantitative estimate of drug-likeness (QED) is 0.798. The van der Waals surface area contributed by atoms with Crippen LogP contribution in [0.5, 0.6) is 0 Å². The minimum Gasteiger partial charge on any atom is -0.346 e. The summed E-state index contributed by atoms with van der Waals surface area (Å²) in [6, 6.07) is 16.5. The van der Waals surface area contributed by atoms with Crippen LogP contribution in [0.2, 0.25) is 0 Å². The fraction of sp³-hybridized carbons (Fsp3) is 0.316. The summed E-state index contributed by atoms with van der Waals surface area (Å²) < 4.78 is 11.4. The zero-order valence-electron chi connectivity index (χ0n) is 12.7. The van der Waals surface area contributed by atoms with Gasteiger partial charge in [-0.05, 0) is 22.3 Å². The van der Waals surface area contributed by atoms with Gasteiger partial charge in [-0.3, -0.25) is 4.79 Å². The Morgan fingerprint density at radius 3 is 1.77 bits per heavy atom. The predicted molar refractivity (Wildman–Crippen MR) is 82.9 cm³/mol. The van der Waals surface area contributed by atoms with Crippen LogP contribution in [-0.2, 0) is 14.3 Å². The molecule has 0 aliphatic heterocycles. The zero-order valence-corrected chi connectivity index (χ0v) is 12.7. The average molecular weight is 294 g/mol. The van der Waals surface area contributed by atoms with Gasteiger partial charge in [-0.2, -0.15) is 0 Å². The Labute approximate surface area is 129 Å². The number of ketones is 1. The predicted octanol–water partition coefficient (Wildman–Crippen LogP) is 3.23. The molecule has 3 heteroatoms. The highest BCUT2D eigenvalue weighted by Gasteiger charge is 2.55. The maximum Gasteiger partial charge on any atom is 0.239 e. The van der Waals surface area contributed by atoms with Gasteiger partial charge in [0.05, 0.1) is 5.92 Å². The van der Waals surface area contributed by atoms with Crippen LogP contribution in [0.4, 0.5) is 0 Å². The van der Waals surface area contributed by atoms with E-state index in [1.54, 1.807) is 14.2 Å². The smallest absolute Gasteiger partial charge is 0.239 e. The first-order valence-corrected chi connectivity index (χ1v) is 7.54. The molecule has 0 unspecified atom stereocenters. The maximum atomic E-state index is 12.9. The van der Waals surface area contributed by atoms with Gasteiger partial charge in [-0.25, -0.2) is 0 Å². The summed E-state index contributed by atoms with van der Waals surface area (Å²) in [5, 5.41) is 0. The molecule has 0 amide bonds. The first-order valence-electron chi connectivity index (χ1n) is 7.54. The number of benzene rings is 2. The largest absolute Gasteiger partial charge is 0.346 e. The minimum absolute atomic E-state index is 0.0138. The van der Waals surface area contributed by atoms with Crippen molar-refractivity contribution in [2.75, 3.05) is 14.2 Å². The summed E-state index contributed by atoms with van der Waals surface area (Å²) in [5.41, 5.74) is 4.72. The topological polar surface area (TPSA) is 35.5 Å². The SMILES string of the molecule is COC1(OC)C(=O)CC2c3ccccc3C1c1ccccc12. The van der Waals surface area contributed by atoms with Crippen LogP contribution in [0.3, 0.4) is 0 Å². The lowest BCUT2D eigenvalue weighted by Gasteiger charge is -2.38. The summed E-state index contributed by atoms with van der Waals surface area (Å²) >= 11 is 0. The van der Waals surface area contributed by atoms with E-state index in [9.17, 15) is 4.79 Å². The molecule has 3 aliphatic carbocycles. The molecule has 2 bridgehead atoms. The van der Waals surface area contributed by atoms with Crippen molar-refractivity contribution in [3.8, 4) is 0 Å². The van der Waals surface area contributed by atoms with E-state index >= 15 is 0 Å². The van der Waals surface area contributed by atoms with Crippen LogP contribution in [0, 0.1) is 0 Å².